The van der Waals surface area contributed by atoms with E-state index in [2.05, 4.69) is 27.4 Å². The van der Waals surface area contributed by atoms with Crippen molar-refractivity contribution >= 4 is 17.8 Å². The van der Waals surface area contributed by atoms with Crippen LogP contribution in [-0.2, 0) is 16.0 Å². The van der Waals surface area contributed by atoms with Crippen LogP contribution in [0, 0.1) is 34.0 Å². The number of hydrogen-bond donors (Lipinski definition) is 1. The minimum Gasteiger partial charge on any atom is -0.445 e. The van der Waals surface area contributed by atoms with Gasteiger partial charge in [-0.3, -0.25) is 9.59 Å². The molecule has 1 aromatic rings. The van der Waals surface area contributed by atoms with Gasteiger partial charge >= 0.3 is 6.09 Å². The van der Waals surface area contributed by atoms with E-state index in [0.717, 1.165) is 24.8 Å². The molecule has 5 rings (SSSR count). The van der Waals surface area contributed by atoms with Gasteiger partial charge in [-0.25, -0.2) is 9.69 Å². The highest BCUT2D eigenvalue weighted by molar-refractivity contribution is 6.04. The average Bonchev–Trinajstić information content (AvgIpc) is 3.23. The van der Waals surface area contributed by atoms with Crippen LogP contribution in [0.2, 0.25) is 0 Å². The van der Waals surface area contributed by atoms with Gasteiger partial charge in [0.15, 0.2) is 0 Å². The Kier molecular flexibility index (Phi) is 5.98. The van der Waals surface area contributed by atoms with Crippen LogP contribution in [0.3, 0.4) is 0 Å². The van der Waals surface area contributed by atoms with E-state index in [1.807, 2.05) is 19.1 Å². The number of aliphatic hydroxyl groups excluding tert-OH is 1. The van der Waals surface area contributed by atoms with Gasteiger partial charge in [-0.2, -0.15) is 0 Å². The molecule has 36 heavy (non-hydrogen) atoms. The topological polar surface area (TPSA) is 83.9 Å². The number of benzene rings is 1. The van der Waals surface area contributed by atoms with Gasteiger partial charge in [0.2, 0.25) is 0 Å². The molecular formula is C30H39NO5. The van der Waals surface area contributed by atoms with Gasteiger partial charge in [0.05, 0.1) is 6.10 Å². The number of rotatable bonds is 2. The van der Waals surface area contributed by atoms with Crippen LogP contribution in [0.15, 0.2) is 36.9 Å². The summed E-state index contributed by atoms with van der Waals surface area (Å²) in [6, 6.07) is 7.36. The number of ketones is 1. The largest absolute Gasteiger partial charge is 0.445 e. The zero-order chi connectivity index (χ0) is 26.0. The summed E-state index contributed by atoms with van der Waals surface area (Å²) < 4.78 is 6.30. The summed E-state index contributed by atoms with van der Waals surface area (Å²) in [6.07, 6.45) is 3.75. The maximum absolute atomic E-state index is 13.6. The Labute approximate surface area is 214 Å². The highest BCUT2D eigenvalue weighted by atomic mass is 16.6. The van der Waals surface area contributed by atoms with Gasteiger partial charge in [-0.1, -0.05) is 52.0 Å². The van der Waals surface area contributed by atoms with Crippen molar-refractivity contribution in [3.63, 3.8) is 0 Å². The predicted molar refractivity (Wildman–Crippen MR) is 136 cm³/mol. The monoisotopic (exact) mass is 493 g/mol. The van der Waals surface area contributed by atoms with Gasteiger partial charge in [-0.05, 0) is 61.0 Å². The molecule has 1 N–H and O–H groups in total. The van der Waals surface area contributed by atoms with E-state index in [1.165, 1.54) is 4.90 Å². The first kappa shape index (κ1) is 25.2. The molecule has 0 saturated heterocycles. The third kappa shape index (κ3) is 3.36. The van der Waals surface area contributed by atoms with Crippen molar-refractivity contribution in [3.05, 3.63) is 48.0 Å². The number of nitrogens with zero attached hydrogens (tertiary/aromatic N) is 1. The van der Waals surface area contributed by atoms with E-state index in [4.69, 9.17) is 4.74 Å². The van der Waals surface area contributed by atoms with Crippen molar-refractivity contribution in [2.24, 2.45) is 34.0 Å². The Bertz CT molecular complexity index is 1110. The second kappa shape index (κ2) is 8.54. The second-order valence-corrected chi connectivity index (χ2v) is 12.3. The molecule has 4 aliphatic rings. The number of hydrogen-bond acceptors (Lipinski definition) is 5. The smallest absolute Gasteiger partial charge is 0.417 e. The van der Waals surface area contributed by atoms with Crippen molar-refractivity contribution < 1.29 is 24.2 Å². The summed E-state index contributed by atoms with van der Waals surface area (Å²) in [7, 11) is 0. The lowest BCUT2D eigenvalue weighted by atomic mass is 9.44. The maximum atomic E-state index is 13.6. The number of ether oxygens (including phenoxy) is 1. The van der Waals surface area contributed by atoms with Gasteiger partial charge in [0.1, 0.15) is 11.9 Å². The number of carbonyl (C=O) groups excluding carboxylic acids is 3. The van der Waals surface area contributed by atoms with E-state index in [9.17, 15) is 19.5 Å². The lowest BCUT2D eigenvalue weighted by Gasteiger charge is -2.61. The molecule has 0 aromatic heterocycles. The molecule has 6 nitrogen and oxygen atoms in total. The zero-order valence-corrected chi connectivity index (χ0v) is 22.0. The predicted octanol–water partition coefficient (Wildman–Crippen LogP) is 5.18. The molecule has 3 saturated carbocycles. The van der Waals surface area contributed by atoms with E-state index in [1.54, 1.807) is 18.2 Å². The van der Waals surface area contributed by atoms with Crippen molar-refractivity contribution in [3.8, 4) is 0 Å². The molecule has 194 valence electrons. The molecule has 2 bridgehead atoms. The van der Waals surface area contributed by atoms with Crippen molar-refractivity contribution in [2.45, 2.75) is 78.4 Å². The SMILES string of the molecule is C=C[C@]1(C)C[C@@H](OC(=O)N2CCc3ccccc3C2=O)[C@@]2(C)C3C(=O)CC[C@@]3(CC[C@H]2C)[C@@H](C)[C@@H]1O. The first-order chi connectivity index (χ1) is 17.0. The van der Waals surface area contributed by atoms with Gasteiger partial charge in [0, 0.05) is 35.3 Å². The minimum absolute atomic E-state index is 0.0828. The first-order valence-corrected chi connectivity index (χ1v) is 13.4. The van der Waals surface area contributed by atoms with Crippen LogP contribution < -0.4 is 0 Å². The Balaban J connectivity index is 1.55. The van der Waals surface area contributed by atoms with Gasteiger partial charge < -0.3 is 9.84 Å². The van der Waals surface area contributed by atoms with E-state index < -0.39 is 29.1 Å². The fourth-order valence-electron chi connectivity index (χ4n) is 8.29. The lowest BCUT2D eigenvalue weighted by Crippen LogP contribution is -2.63. The van der Waals surface area contributed by atoms with Crippen LogP contribution in [0.1, 0.15) is 75.7 Å². The number of Topliss-reactive ketones (excluding diaryl/α,β-unsaturated/α-hetero) is 1. The standard InChI is InChI=1S/C30H39NO5/c1-6-28(4)17-23(36-27(35)31-16-13-20-9-7-8-10-21(20)26(31)34)29(5)18(2)11-14-30(19(3)25(28)33)15-12-22(32)24(29)30/h6-10,18-19,23-25,33H,1,11-17H2,2-5H3/t18-,19+,23-,24?,25+,28-,29+,30+/m1/s1. The average molecular weight is 494 g/mol. The number of fused-ring (bicyclic) bond motifs is 1. The fourth-order valence-corrected chi connectivity index (χ4v) is 8.29. The molecule has 2 amide bonds. The summed E-state index contributed by atoms with van der Waals surface area (Å²) in [5.41, 5.74) is -0.168. The van der Waals surface area contributed by atoms with Gasteiger partial charge in [0.25, 0.3) is 5.91 Å². The quantitative estimate of drug-likeness (QED) is 0.574. The molecule has 1 aromatic carbocycles. The summed E-state index contributed by atoms with van der Waals surface area (Å²) in [4.78, 5) is 41.6. The molecule has 3 aliphatic carbocycles. The third-order valence-corrected chi connectivity index (χ3v) is 10.9. The zero-order valence-electron chi connectivity index (χ0n) is 22.0. The number of carbonyl (C=O) groups is 3. The third-order valence-electron chi connectivity index (χ3n) is 10.9. The van der Waals surface area contributed by atoms with Crippen LogP contribution in [0.25, 0.3) is 0 Å². The van der Waals surface area contributed by atoms with Crippen LogP contribution in [0.5, 0.6) is 0 Å². The van der Waals surface area contributed by atoms with E-state index in [-0.39, 0.29) is 41.4 Å². The van der Waals surface area contributed by atoms with Crippen LogP contribution >= 0.6 is 0 Å². The summed E-state index contributed by atoms with van der Waals surface area (Å²) in [5, 5.41) is 11.7. The van der Waals surface area contributed by atoms with E-state index >= 15 is 0 Å². The molecule has 6 heteroatoms. The first-order valence-electron chi connectivity index (χ1n) is 13.4. The molecule has 1 heterocycles. The van der Waals surface area contributed by atoms with Crippen molar-refractivity contribution in [1.29, 1.82) is 0 Å². The summed E-state index contributed by atoms with van der Waals surface area (Å²) in [5.74, 6) is -0.357. The van der Waals surface area contributed by atoms with Crippen molar-refractivity contribution in [1.82, 2.24) is 4.90 Å². The summed E-state index contributed by atoms with van der Waals surface area (Å²) >= 11 is 0. The van der Waals surface area contributed by atoms with E-state index in [0.29, 0.717) is 24.8 Å². The summed E-state index contributed by atoms with van der Waals surface area (Å²) in [6.45, 7) is 12.6. The fraction of sp³-hybridized carbons (Fsp3) is 0.633. The highest BCUT2D eigenvalue weighted by Crippen LogP contribution is 2.68. The Morgan fingerprint density at radius 1 is 1.17 bits per heavy atom. The Hall–Kier alpha value is -2.47. The number of imide groups is 1. The molecule has 3 fully saturated rings. The minimum atomic E-state index is -0.717. The van der Waals surface area contributed by atoms with Crippen LogP contribution in [0.4, 0.5) is 4.79 Å². The number of aliphatic hydroxyl groups is 1. The molecule has 0 radical (unpaired) electrons. The Morgan fingerprint density at radius 2 is 1.89 bits per heavy atom. The van der Waals surface area contributed by atoms with Crippen molar-refractivity contribution in [2.75, 3.05) is 6.54 Å². The molecule has 1 unspecified atom stereocenters. The molecule has 8 atom stereocenters. The molecular weight excluding hydrogens is 454 g/mol. The second-order valence-electron chi connectivity index (χ2n) is 12.3. The Morgan fingerprint density at radius 3 is 2.61 bits per heavy atom. The number of amides is 2. The maximum Gasteiger partial charge on any atom is 0.417 e. The van der Waals surface area contributed by atoms with Crippen LogP contribution in [-0.4, -0.2) is 46.5 Å². The molecule has 1 aliphatic heterocycles. The van der Waals surface area contributed by atoms with Gasteiger partial charge in [-0.15, -0.1) is 6.58 Å². The molecule has 0 spiro atoms. The lowest BCUT2D eigenvalue weighted by molar-refractivity contribution is -0.192. The normalized spacial score (nSPS) is 42.1. The highest BCUT2D eigenvalue weighted by Gasteiger charge is 2.68.